The molecule has 3 atom stereocenters. The van der Waals surface area contributed by atoms with Gasteiger partial charge in [-0.2, -0.15) is 0 Å². The quantitative estimate of drug-likeness (QED) is 0.497. The van der Waals surface area contributed by atoms with Crippen LogP contribution in [0.3, 0.4) is 0 Å². The van der Waals surface area contributed by atoms with Crippen molar-refractivity contribution >= 4 is 23.7 Å². The first-order valence-electron chi connectivity index (χ1n) is 9.61. The van der Waals surface area contributed by atoms with Crippen LogP contribution >= 0.6 is 11.6 Å². The third-order valence-corrected chi connectivity index (χ3v) is 6.98. The lowest BCUT2D eigenvalue weighted by Gasteiger charge is -2.42. The molecule has 1 aliphatic carbocycles. The van der Waals surface area contributed by atoms with E-state index in [0.29, 0.717) is 30.0 Å². The van der Waals surface area contributed by atoms with E-state index in [0.717, 1.165) is 12.0 Å². The second-order valence-corrected chi connectivity index (χ2v) is 8.50. The summed E-state index contributed by atoms with van der Waals surface area (Å²) < 4.78 is 0. The van der Waals surface area contributed by atoms with Gasteiger partial charge in [0.1, 0.15) is 17.3 Å². The molecule has 1 saturated carbocycles. The van der Waals surface area contributed by atoms with E-state index in [1.807, 2.05) is 26.0 Å². The van der Waals surface area contributed by atoms with Gasteiger partial charge in [0.15, 0.2) is 6.29 Å². The maximum Gasteiger partial charge on any atom is 0.154 e. The zero-order valence-electron chi connectivity index (χ0n) is 17.2. The van der Waals surface area contributed by atoms with Crippen molar-refractivity contribution in [2.75, 3.05) is 0 Å². The van der Waals surface area contributed by atoms with Crippen LogP contribution in [-0.2, 0) is 11.2 Å². The number of aromatic hydroxyl groups is 2. The molecule has 0 radical (unpaired) electrons. The average molecular weight is 405 g/mol. The van der Waals surface area contributed by atoms with Crippen molar-refractivity contribution in [2.45, 2.75) is 53.9 Å². The maximum absolute atomic E-state index is 12.2. The van der Waals surface area contributed by atoms with E-state index in [4.69, 9.17) is 11.6 Å². The molecule has 1 aliphatic rings. The van der Waals surface area contributed by atoms with Crippen molar-refractivity contribution in [1.82, 2.24) is 0 Å². The first-order valence-corrected chi connectivity index (χ1v) is 9.99. The molecule has 1 aromatic carbocycles. The Kier molecular flexibility index (Phi) is 6.76. The largest absolute Gasteiger partial charge is 0.507 e. The van der Waals surface area contributed by atoms with Crippen LogP contribution in [0.5, 0.6) is 11.5 Å². The molecule has 0 saturated heterocycles. The van der Waals surface area contributed by atoms with Gasteiger partial charge in [0, 0.05) is 17.9 Å². The monoisotopic (exact) mass is 404 g/mol. The Hall–Kier alpha value is -2.07. The summed E-state index contributed by atoms with van der Waals surface area (Å²) in [5.74, 6) is 0.233. The standard InChI is InChI=1S/C23H29ClO4/c1-13(10-11-23(5)14(2)7-9-19(26)16(23)4)6-8-17-21(27)18(12-25)15(3)20(24)22(17)28/h6,10-12,14,16,27-28H,7-9H2,1-5H3/t14-,16+,23-/m1/s1. The topological polar surface area (TPSA) is 74.6 Å². The zero-order chi connectivity index (χ0) is 21.2. The molecule has 0 amide bonds. The van der Waals surface area contributed by atoms with Gasteiger partial charge in [0.25, 0.3) is 0 Å². The first-order chi connectivity index (χ1) is 13.0. The number of ketones is 1. The van der Waals surface area contributed by atoms with Gasteiger partial charge >= 0.3 is 0 Å². The number of phenols is 2. The van der Waals surface area contributed by atoms with Gasteiger partial charge < -0.3 is 10.2 Å². The van der Waals surface area contributed by atoms with E-state index in [1.165, 1.54) is 0 Å². The van der Waals surface area contributed by atoms with Gasteiger partial charge in [-0.1, -0.05) is 56.2 Å². The smallest absolute Gasteiger partial charge is 0.154 e. The van der Waals surface area contributed by atoms with Gasteiger partial charge in [-0.15, -0.1) is 0 Å². The average Bonchev–Trinajstić information content (AvgIpc) is 2.66. The fourth-order valence-corrected chi connectivity index (χ4v) is 4.04. The molecule has 0 unspecified atom stereocenters. The molecule has 28 heavy (non-hydrogen) atoms. The lowest BCUT2D eigenvalue weighted by atomic mass is 9.61. The predicted octanol–water partition coefficient (Wildman–Crippen LogP) is 5.56. The van der Waals surface area contributed by atoms with Crippen molar-refractivity contribution < 1.29 is 19.8 Å². The molecule has 0 spiro atoms. The minimum absolute atomic E-state index is 0.0283. The van der Waals surface area contributed by atoms with E-state index in [9.17, 15) is 19.8 Å². The summed E-state index contributed by atoms with van der Waals surface area (Å²) in [6, 6.07) is 0. The Labute approximate surface area is 171 Å². The van der Waals surface area contributed by atoms with Crippen molar-refractivity contribution in [2.24, 2.45) is 17.3 Å². The molecule has 152 valence electrons. The zero-order valence-corrected chi connectivity index (χ0v) is 17.9. The normalized spacial score (nSPS) is 26.1. The molecular formula is C23H29ClO4. The number of hydrogen-bond donors (Lipinski definition) is 2. The molecule has 1 fully saturated rings. The number of phenolic OH excluding ortho intramolecular Hbond substituents is 2. The predicted molar refractivity (Wildman–Crippen MR) is 112 cm³/mol. The maximum atomic E-state index is 12.2. The number of halogens is 1. The summed E-state index contributed by atoms with van der Waals surface area (Å²) in [5, 5.41) is 20.7. The van der Waals surface area contributed by atoms with E-state index >= 15 is 0 Å². The van der Waals surface area contributed by atoms with E-state index in [2.05, 4.69) is 19.9 Å². The van der Waals surface area contributed by atoms with Crippen LogP contribution in [0.2, 0.25) is 5.02 Å². The Morgan fingerprint density at radius 2 is 1.93 bits per heavy atom. The molecule has 2 rings (SSSR count). The number of Topliss-reactive ketones (excluding diaryl/α,β-unsaturated/α-hetero) is 1. The van der Waals surface area contributed by atoms with Crippen molar-refractivity contribution in [3.63, 3.8) is 0 Å². The number of hydrogen-bond acceptors (Lipinski definition) is 4. The second-order valence-electron chi connectivity index (χ2n) is 8.13. The minimum Gasteiger partial charge on any atom is -0.507 e. The summed E-state index contributed by atoms with van der Waals surface area (Å²) in [4.78, 5) is 23.4. The van der Waals surface area contributed by atoms with Gasteiger partial charge in [-0.05, 0) is 43.6 Å². The van der Waals surface area contributed by atoms with Crippen LogP contribution in [0.1, 0.15) is 62.0 Å². The lowest BCUT2D eigenvalue weighted by molar-refractivity contribution is -0.129. The molecule has 1 aromatic rings. The Morgan fingerprint density at radius 1 is 1.29 bits per heavy atom. The van der Waals surface area contributed by atoms with E-state index < -0.39 is 0 Å². The van der Waals surface area contributed by atoms with E-state index in [-0.39, 0.29) is 45.4 Å². The van der Waals surface area contributed by atoms with Crippen LogP contribution in [0.25, 0.3) is 0 Å². The molecule has 0 heterocycles. The van der Waals surface area contributed by atoms with Gasteiger partial charge in [-0.3, -0.25) is 9.59 Å². The van der Waals surface area contributed by atoms with Crippen LogP contribution < -0.4 is 0 Å². The summed E-state index contributed by atoms with van der Waals surface area (Å²) >= 11 is 6.09. The molecule has 0 bridgehead atoms. The number of carbonyl (C=O) groups excluding carboxylic acids is 2. The van der Waals surface area contributed by atoms with Crippen LogP contribution in [0, 0.1) is 24.2 Å². The van der Waals surface area contributed by atoms with E-state index in [1.54, 1.807) is 6.92 Å². The number of allylic oxidation sites excluding steroid dienone is 4. The number of carbonyl (C=O) groups is 2. The molecular weight excluding hydrogens is 376 g/mol. The Balaban J connectivity index is 2.28. The van der Waals surface area contributed by atoms with Crippen LogP contribution in [0.15, 0.2) is 23.8 Å². The highest BCUT2D eigenvalue weighted by molar-refractivity contribution is 6.33. The summed E-state index contributed by atoms with van der Waals surface area (Å²) in [5.41, 5.74) is 1.41. The SMILES string of the molecule is CC(C=C[C@]1(C)[C@H](C)CCC(=O)[C@@H]1C)=CCc1c(O)c(Cl)c(C)c(C=O)c1O. The third-order valence-electron chi connectivity index (χ3n) is 6.52. The second kappa shape index (κ2) is 8.52. The number of aldehydes is 1. The summed E-state index contributed by atoms with van der Waals surface area (Å²) in [7, 11) is 0. The van der Waals surface area contributed by atoms with Gasteiger partial charge in [-0.25, -0.2) is 0 Å². The number of rotatable bonds is 5. The fraction of sp³-hybridized carbons (Fsp3) is 0.478. The molecule has 0 aliphatic heterocycles. The highest BCUT2D eigenvalue weighted by Crippen LogP contribution is 2.45. The summed E-state index contributed by atoms with van der Waals surface area (Å²) in [6.07, 6.45) is 8.25. The lowest BCUT2D eigenvalue weighted by Crippen LogP contribution is -2.40. The number of benzene rings is 1. The molecule has 0 aromatic heterocycles. The van der Waals surface area contributed by atoms with Crippen molar-refractivity contribution in [3.05, 3.63) is 45.5 Å². The van der Waals surface area contributed by atoms with Gasteiger partial charge in [0.2, 0.25) is 0 Å². The van der Waals surface area contributed by atoms with Crippen LogP contribution in [0.4, 0.5) is 0 Å². The van der Waals surface area contributed by atoms with Crippen molar-refractivity contribution in [3.8, 4) is 11.5 Å². The summed E-state index contributed by atoms with van der Waals surface area (Å²) in [6.45, 7) is 9.79. The Morgan fingerprint density at radius 3 is 2.54 bits per heavy atom. The third kappa shape index (κ3) is 4.02. The Bertz CT molecular complexity index is 853. The first kappa shape index (κ1) is 22.2. The minimum atomic E-state index is -0.241. The molecule has 2 N–H and O–H groups in total. The van der Waals surface area contributed by atoms with Crippen LogP contribution in [-0.4, -0.2) is 22.3 Å². The fourth-order valence-electron chi connectivity index (χ4n) is 3.83. The van der Waals surface area contributed by atoms with Gasteiger partial charge in [0.05, 0.1) is 10.6 Å². The van der Waals surface area contributed by atoms with Crippen molar-refractivity contribution in [1.29, 1.82) is 0 Å². The molecule has 5 heteroatoms. The highest BCUT2D eigenvalue weighted by atomic mass is 35.5. The highest BCUT2D eigenvalue weighted by Gasteiger charge is 2.41. The molecule has 4 nitrogen and oxygen atoms in total.